The molecule has 1 aromatic rings. The van der Waals surface area contributed by atoms with Gasteiger partial charge in [-0.15, -0.1) is 0 Å². The molecule has 1 rings (SSSR count). The van der Waals surface area contributed by atoms with Crippen LogP contribution in [0.4, 0.5) is 0 Å². The van der Waals surface area contributed by atoms with Crippen molar-refractivity contribution in [3.05, 3.63) is 35.9 Å². The van der Waals surface area contributed by atoms with Gasteiger partial charge in [0.15, 0.2) is 0 Å². The van der Waals surface area contributed by atoms with Gasteiger partial charge >= 0.3 is 0 Å². The van der Waals surface area contributed by atoms with Gasteiger partial charge in [0.2, 0.25) is 0 Å². The predicted octanol–water partition coefficient (Wildman–Crippen LogP) is 4.77. The number of aliphatic carboxylic acids is 1. The molecule has 17 heavy (non-hydrogen) atoms. The van der Waals surface area contributed by atoms with E-state index >= 15 is 0 Å². The van der Waals surface area contributed by atoms with E-state index in [0.29, 0.717) is 6.04 Å². The van der Waals surface area contributed by atoms with Crippen LogP contribution < -0.4 is 0 Å². The van der Waals surface area contributed by atoms with Gasteiger partial charge in [-0.2, -0.15) is 0 Å². The molecule has 0 aromatic heterocycles. The number of carboxylic acid groups (broad SMARTS) is 1. The maximum absolute atomic E-state index is 9.00. The van der Waals surface area contributed by atoms with E-state index in [4.69, 9.17) is 11.3 Å². The molecule has 1 aromatic carbocycles. The van der Waals surface area contributed by atoms with Crippen LogP contribution in [-0.2, 0) is 4.79 Å². The summed E-state index contributed by atoms with van der Waals surface area (Å²) >= 11 is 0. The van der Waals surface area contributed by atoms with Gasteiger partial charge in [0.1, 0.15) is 0 Å². The number of rotatable bonds is 0. The third-order valence-corrected chi connectivity index (χ3v) is 0.863. The second-order valence-electron chi connectivity index (χ2n) is 2.10. The van der Waals surface area contributed by atoms with Gasteiger partial charge in [-0.3, -0.25) is 4.79 Å². The molecule has 0 unspecified atom stereocenters. The molecular weight excluding hydrogens is 438 g/mol. The van der Waals surface area contributed by atoms with Crippen LogP contribution in [0.2, 0.25) is 0 Å². The Hall–Kier alpha value is -0.258. The third-order valence-electron chi connectivity index (χ3n) is 0.863. The zero-order chi connectivity index (χ0) is 13.6. The Morgan fingerprint density at radius 2 is 1.53 bits per heavy atom. The van der Waals surface area contributed by atoms with Gasteiger partial charge in [0, 0.05) is 38.0 Å². The summed E-state index contributed by atoms with van der Waals surface area (Å²) in [5.74, 6) is -0.833. The third kappa shape index (κ3) is 49.6. The Labute approximate surface area is 133 Å². The molecule has 2 nitrogen and oxygen atoms in total. The summed E-state index contributed by atoms with van der Waals surface area (Å²) in [6.07, 6.45) is 0. The Morgan fingerprint density at radius 3 is 1.71 bits per heavy atom. The fraction of sp³-hybridized carbons (Fsp3) is 0.500. The SMILES string of the molecule is C.CC.CC.CC(=O)O.[3H]c1cccc(C)c1.[U]. The second kappa shape index (κ2) is 29.6. The van der Waals surface area contributed by atoms with Gasteiger partial charge in [0.25, 0.3) is 5.97 Å². The van der Waals surface area contributed by atoms with Crippen LogP contribution in [-0.4, -0.2) is 11.1 Å². The van der Waals surface area contributed by atoms with Gasteiger partial charge in [0.05, 0.1) is 1.37 Å². The summed E-state index contributed by atoms with van der Waals surface area (Å²) in [7, 11) is 0. The van der Waals surface area contributed by atoms with Crippen molar-refractivity contribution in [3.8, 4) is 0 Å². The average Bonchev–Trinajstić information content (AvgIpc) is 2.22. The number of carboxylic acids is 1. The van der Waals surface area contributed by atoms with E-state index in [9.17, 15) is 0 Å². The Bertz CT molecular complexity index is 244. The minimum absolute atomic E-state index is 0. The maximum Gasteiger partial charge on any atom is 0.300 e. The molecule has 0 radical (unpaired) electrons. The fourth-order valence-electron chi connectivity index (χ4n) is 0.483. The van der Waals surface area contributed by atoms with E-state index in [2.05, 4.69) is 0 Å². The quantitative estimate of drug-likeness (QED) is 0.596. The van der Waals surface area contributed by atoms with E-state index < -0.39 is 5.97 Å². The van der Waals surface area contributed by atoms with Crippen LogP contribution in [0.3, 0.4) is 0 Å². The smallest absolute Gasteiger partial charge is 0.300 e. The molecule has 0 aliphatic rings. The van der Waals surface area contributed by atoms with E-state index in [0.717, 1.165) is 12.5 Å². The van der Waals surface area contributed by atoms with Gasteiger partial charge < -0.3 is 5.11 Å². The van der Waals surface area contributed by atoms with Crippen LogP contribution in [0, 0.1) is 38.0 Å². The van der Waals surface area contributed by atoms with Crippen molar-refractivity contribution in [3.63, 3.8) is 0 Å². The topological polar surface area (TPSA) is 37.3 Å². The first kappa shape index (κ1) is 25.6. The van der Waals surface area contributed by atoms with Crippen LogP contribution in [0.5, 0.6) is 0 Å². The first-order valence-corrected chi connectivity index (χ1v) is 5.25. The van der Waals surface area contributed by atoms with Crippen LogP contribution in [0.15, 0.2) is 30.3 Å². The molecule has 0 atom stereocenters. The maximum atomic E-state index is 9.00. The molecule has 1 N–H and O–H groups in total. The zero-order valence-electron chi connectivity index (χ0n) is 12.2. The molecule has 100 valence electrons. The summed E-state index contributed by atoms with van der Waals surface area (Å²) in [5.41, 5.74) is 1.15. The van der Waals surface area contributed by atoms with Crippen molar-refractivity contribution in [2.75, 3.05) is 0 Å². The molecule has 0 aliphatic heterocycles. The summed E-state index contributed by atoms with van der Waals surface area (Å²) in [6.45, 7) is 11.1. The Balaban J connectivity index is -0.0000000494. The molecular formula is C14H28O2U. The van der Waals surface area contributed by atoms with E-state index in [-0.39, 0.29) is 38.5 Å². The number of hydrogen-bond acceptors (Lipinski definition) is 1. The van der Waals surface area contributed by atoms with Crippen molar-refractivity contribution >= 4 is 5.97 Å². The van der Waals surface area contributed by atoms with Crippen molar-refractivity contribution < 1.29 is 42.4 Å². The van der Waals surface area contributed by atoms with E-state index in [1.807, 2.05) is 52.8 Å². The van der Waals surface area contributed by atoms with Crippen molar-refractivity contribution in [1.82, 2.24) is 0 Å². The zero-order valence-corrected chi connectivity index (χ0v) is 15.3. The summed E-state index contributed by atoms with van der Waals surface area (Å²) in [4.78, 5) is 9.00. The molecule has 3 heteroatoms. The van der Waals surface area contributed by atoms with Crippen LogP contribution >= 0.6 is 0 Å². The minimum Gasteiger partial charge on any atom is -0.481 e. The Kier molecular flexibility index (Phi) is 44.6. The first-order valence-electron chi connectivity index (χ1n) is 5.75. The summed E-state index contributed by atoms with van der Waals surface area (Å²) in [5, 5.41) is 7.42. The molecule has 0 spiro atoms. The molecule has 0 aliphatic carbocycles. The number of hydrogen-bond donors (Lipinski definition) is 1. The Morgan fingerprint density at radius 1 is 1.18 bits per heavy atom. The van der Waals surface area contributed by atoms with Crippen molar-refractivity contribution in [1.29, 1.82) is 0 Å². The average molecular weight is 468 g/mol. The molecule has 0 bridgehead atoms. The molecule has 0 heterocycles. The normalized spacial score (nSPS) is 6.59. The van der Waals surface area contributed by atoms with Crippen molar-refractivity contribution in [2.45, 2.75) is 49.0 Å². The van der Waals surface area contributed by atoms with Gasteiger partial charge in [-0.1, -0.05) is 71.0 Å². The van der Waals surface area contributed by atoms with E-state index in [1.54, 1.807) is 6.07 Å². The number of aryl methyl sites for hydroxylation is 1. The van der Waals surface area contributed by atoms with Crippen molar-refractivity contribution in [2.24, 2.45) is 0 Å². The largest absolute Gasteiger partial charge is 0.481 e. The first-order chi connectivity index (χ1) is 7.52. The number of carbonyl (C=O) groups is 1. The summed E-state index contributed by atoms with van der Waals surface area (Å²) < 4.78 is 7.14. The molecule has 0 amide bonds. The second-order valence-corrected chi connectivity index (χ2v) is 2.10. The standard InChI is InChI=1S/C7H8.C2H4O2.2C2H6.CH4.U/c1-7-5-3-2-4-6-7;1-2(3)4;2*1-2;;/h2-6H,1H3;1H3,(H,3,4);2*1-2H3;1H4;/i3T;;;;;. The molecule has 0 fully saturated rings. The van der Waals surface area contributed by atoms with Crippen LogP contribution in [0.25, 0.3) is 0 Å². The fourth-order valence-corrected chi connectivity index (χ4v) is 0.483. The molecule has 0 saturated carbocycles. The number of benzene rings is 1. The molecule has 0 saturated heterocycles. The van der Waals surface area contributed by atoms with E-state index in [1.165, 1.54) is 0 Å². The summed E-state index contributed by atoms with van der Waals surface area (Å²) in [6, 6.07) is 8.06. The van der Waals surface area contributed by atoms with Crippen LogP contribution in [0.1, 0.15) is 49.0 Å². The minimum atomic E-state index is -0.833. The van der Waals surface area contributed by atoms with Gasteiger partial charge in [-0.25, -0.2) is 0 Å². The van der Waals surface area contributed by atoms with Gasteiger partial charge in [-0.05, 0) is 6.92 Å². The predicted molar refractivity (Wildman–Crippen MR) is 73.9 cm³/mol. The monoisotopic (exact) mass is 468 g/mol.